The number of phenolic OH excluding ortho intramolecular Hbond substituents is 1. The average Bonchev–Trinajstić information content (AvgIpc) is 2.91. The van der Waals surface area contributed by atoms with Crippen LogP contribution in [0.15, 0.2) is 6.07 Å². The van der Waals surface area contributed by atoms with Crippen molar-refractivity contribution in [2.45, 2.75) is 70.1 Å². The number of nitrogens with one attached hydrogen (secondary N) is 1. The van der Waals surface area contributed by atoms with Gasteiger partial charge in [-0.3, -0.25) is 29.0 Å². The summed E-state index contributed by atoms with van der Waals surface area (Å²) in [6.07, 6.45) is 4.27. The number of halogens is 1. The van der Waals surface area contributed by atoms with Gasteiger partial charge in [0.2, 0.25) is 5.91 Å². The highest BCUT2D eigenvalue weighted by atomic mass is 35.5. The molecule has 2 saturated carbocycles. The van der Waals surface area contributed by atoms with Crippen molar-refractivity contribution in [2.75, 3.05) is 27.2 Å². The number of likely N-dealkylation sites (N-methyl/N-ethyl adjacent to an activating group) is 1. The molecule has 3 fully saturated rings. The van der Waals surface area contributed by atoms with Crippen molar-refractivity contribution in [2.24, 2.45) is 35.3 Å². The molecule has 1 aromatic rings. The number of carbonyl (C=O) groups is 4. The largest absolute Gasteiger partial charge is 0.507 e. The summed E-state index contributed by atoms with van der Waals surface area (Å²) < 4.78 is 0. The number of likely N-dealkylation sites (tertiary alicyclic amines) is 1. The molecule has 10 nitrogen and oxygen atoms in total. The van der Waals surface area contributed by atoms with Gasteiger partial charge in [0.15, 0.2) is 23.0 Å². The fourth-order valence-electron chi connectivity index (χ4n) is 8.00. The third kappa shape index (κ3) is 4.62. The van der Waals surface area contributed by atoms with Crippen molar-refractivity contribution in [3.63, 3.8) is 0 Å². The number of amides is 1. The summed E-state index contributed by atoms with van der Waals surface area (Å²) >= 11 is 7.06. The lowest BCUT2D eigenvalue weighted by atomic mass is 9.52. The highest BCUT2D eigenvalue weighted by molar-refractivity contribution is 6.35. The minimum atomic E-state index is -2.52. The number of fused-ring (bicyclic) bond motifs is 3. The monoisotopic (exact) mass is 600 g/mol. The van der Waals surface area contributed by atoms with Gasteiger partial charge in [-0.1, -0.05) is 31.9 Å². The Hall–Kier alpha value is -2.66. The summed E-state index contributed by atoms with van der Waals surface area (Å²) in [7, 11) is 3.20. The topological polar surface area (TPSA) is 165 Å². The van der Waals surface area contributed by atoms with Crippen LogP contribution in [-0.4, -0.2) is 87.8 Å². The standard InChI is InChI=1S/C31H41ClN4O6/c1-14(2)8-10-36-9-6-5-7-19(36)16-13-20(37)22-17(24(16)32)11-15-12-18-25(35(3)4)27(39)23(30(34)41)28(33)31(18,42)29(40)21(15)26(22)38/h13-15,18-19,21,23,25,33,37,42H,5-12H2,1-4H3,(H2,34,41). The second kappa shape index (κ2) is 11.1. The van der Waals surface area contributed by atoms with Crippen LogP contribution in [0.25, 0.3) is 0 Å². The van der Waals surface area contributed by atoms with E-state index in [1.54, 1.807) is 20.2 Å². The van der Waals surface area contributed by atoms with Crippen molar-refractivity contribution in [3.05, 3.63) is 27.8 Å². The zero-order valence-electron chi connectivity index (χ0n) is 24.7. The van der Waals surface area contributed by atoms with Gasteiger partial charge in [-0.15, -0.1) is 0 Å². The van der Waals surface area contributed by atoms with Crippen molar-refractivity contribution < 1.29 is 29.4 Å². The van der Waals surface area contributed by atoms with Gasteiger partial charge in [-0.2, -0.15) is 0 Å². The second-order valence-corrected chi connectivity index (χ2v) is 13.6. The molecule has 5 rings (SSSR count). The summed E-state index contributed by atoms with van der Waals surface area (Å²) in [4.78, 5) is 57.5. The molecule has 1 amide bonds. The van der Waals surface area contributed by atoms with Crippen LogP contribution in [0.3, 0.4) is 0 Å². The molecule has 0 spiro atoms. The van der Waals surface area contributed by atoms with Crippen molar-refractivity contribution in [1.82, 2.24) is 9.80 Å². The molecule has 1 saturated heterocycles. The molecule has 0 aromatic heterocycles. The maximum Gasteiger partial charge on any atom is 0.233 e. The first-order valence-corrected chi connectivity index (χ1v) is 15.3. The molecule has 3 aliphatic carbocycles. The number of rotatable bonds is 6. The summed E-state index contributed by atoms with van der Waals surface area (Å²) in [6.45, 7) is 6.18. The molecule has 7 atom stereocenters. The van der Waals surface area contributed by atoms with E-state index in [4.69, 9.17) is 22.7 Å². The van der Waals surface area contributed by atoms with E-state index in [-0.39, 0.29) is 30.2 Å². The molecule has 0 radical (unpaired) electrons. The molecular weight excluding hydrogens is 560 g/mol. The number of hydrogen-bond donors (Lipinski definition) is 4. The van der Waals surface area contributed by atoms with Crippen LogP contribution >= 0.6 is 11.6 Å². The first-order valence-electron chi connectivity index (χ1n) is 14.9. The summed E-state index contributed by atoms with van der Waals surface area (Å²) in [5.74, 6) is -7.85. The summed E-state index contributed by atoms with van der Waals surface area (Å²) in [5, 5.41) is 32.1. The fraction of sp³-hybridized carbons (Fsp3) is 0.645. The van der Waals surface area contributed by atoms with Crippen LogP contribution in [-0.2, 0) is 20.8 Å². The first kappa shape index (κ1) is 30.8. The van der Waals surface area contributed by atoms with Crippen LogP contribution in [0, 0.1) is 35.0 Å². The molecule has 7 unspecified atom stereocenters. The van der Waals surface area contributed by atoms with Crippen LogP contribution in [0.4, 0.5) is 0 Å². The highest BCUT2D eigenvalue weighted by Crippen LogP contribution is 2.52. The zero-order valence-corrected chi connectivity index (χ0v) is 25.4. The van der Waals surface area contributed by atoms with E-state index in [1.165, 1.54) is 4.90 Å². The number of piperidine rings is 1. The Labute approximate surface area is 251 Å². The number of aromatic hydroxyl groups is 1. The first-order chi connectivity index (χ1) is 19.7. The zero-order chi connectivity index (χ0) is 30.8. The maximum atomic E-state index is 14.1. The van der Waals surface area contributed by atoms with E-state index in [2.05, 4.69) is 18.7 Å². The predicted molar refractivity (Wildman–Crippen MR) is 157 cm³/mol. The van der Waals surface area contributed by atoms with Crippen molar-refractivity contribution in [1.29, 1.82) is 5.41 Å². The van der Waals surface area contributed by atoms with Gasteiger partial charge in [-0.05, 0) is 88.3 Å². The molecule has 11 heteroatoms. The van der Waals surface area contributed by atoms with Crippen LogP contribution < -0.4 is 5.73 Å². The van der Waals surface area contributed by atoms with E-state index < -0.39 is 64.3 Å². The Morgan fingerprint density at radius 2 is 1.95 bits per heavy atom. The molecule has 1 heterocycles. The minimum Gasteiger partial charge on any atom is -0.507 e. The third-order valence-electron chi connectivity index (χ3n) is 10.1. The highest BCUT2D eigenvalue weighted by Gasteiger charge is 2.67. The number of primary amides is 1. The van der Waals surface area contributed by atoms with E-state index in [0.717, 1.165) is 44.3 Å². The number of ketones is 3. The lowest BCUT2D eigenvalue weighted by Gasteiger charge is -2.53. The third-order valence-corrected chi connectivity index (χ3v) is 10.5. The van der Waals surface area contributed by atoms with Crippen LogP contribution in [0.2, 0.25) is 5.02 Å². The van der Waals surface area contributed by atoms with E-state index in [1.807, 2.05) is 0 Å². The summed E-state index contributed by atoms with van der Waals surface area (Å²) in [6, 6.07) is 0.483. The van der Waals surface area contributed by atoms with Gasteiger partial charge in [0, 0.05) is 17.0 Å². The van der Waals surface area contributed by atoms with Gasteiger partial charge in [0.05, 0.1) is 23.2 Å². The Morgan fingerprint density at radius 3 is 2.57 bits per heavy atom. The lowest BCUT2D eigenvalue weighted by Crippen LogP contribution is -2.73. The average molecular weight is 601 g/mol. The molecule has 0 bridgehead atoms. The van der Waals surface area contributed by atoms with E-state index in [0.29, 0.717) is 16.5 Å². The molecule has 1 aliphatic heterocycles. The van der Waals surface area contributed by atoms with Gasteiger partial charge < -0.3 is 21.4 Å². The SMILES string of the molecule is CC(C)CCN1CCCCC1c1cc(O)c2c(c1Cl)CC1CC3C(N(C)C)C(=O)C(C(N)=O)C(=N)C3(O)C(=O)C1C2=O. The number of hydrogen-bond acceptors (Lipinski definition) is 9. The number of aliphatic hydroxyl groups is 1. The van der Waals surface area contributed by atoms with Gasteiger partial charge >= 0.3 is 0 Å². The van der Waals surface area contributed by atoms with Gasteiger partial charge in [0.1, 0.15) is 11.7 Å². The number of Topliss-reactive ketones (excluding diaryl/α,β-unsaturated/α-hetero) is 3. The Balaban J connectivity index is 1.57. The molecular formula is C31H41ClN4O6. The molecule has 1 aromatic carbocycles. The predicted octanol–water partition coefficient (Wildman–Crippen LogP) is 2.54. The van der Waals surface area contributed by atoms with E-state index in [9.17, 15) is 29.4 Å². The fourth-order valence-corrected chi connectivity index (χ4v) is 8.35. The lowest BCUT2D eigenvalue weighted by molar-refractivity contribution is -0.157. The number of nitrogens with two attached hydrogens (primary N) is 1. The molecule has 4 aliphatic rings. The van der Waals surface area contributed by atoms with Crippen LogP contribution in [0.5, 0.6) is 5.75 Å². The second-order valence-electron chi connectivity index (χ2n) is 13.2. The summed E-state index contributed by atoms with van der Waals surface area (Å²) in [5.41, 5.74) is 3.39. The minimum absolute atomic E-state index is 0.00704. The van der Waals surface area contributed by atoms with E-state index >= 15 is 0 Å². The Bertz CT molecular complexity index is 1360. The molecule has 228 valence electrons. The normalized spacial score (nSPS) is 33.5. The van der Waals surface area contributed by atoms with Gasteiger partial charge in [0.25, 0.3) is 0 Å². The maximum absolute atomic E-state index is 14.1. The number of benzene rings is 1. The Morgan fingerprint density at radius 1 is 1.26 bits per heavy atom. The van der Waals surface area contributed by atoms with Crippen LogP contribution in [0.1, 0.15) is 73.5 Å². The number of nitrogens with zero attached hydrogens (tertiary/aromatic N) is 2. The number of phenols is 1. The Kier molecular flexibility index (Phi) is 8.15. The molecule has 5 N–H and O–H groups in total. The van der Waals surface area contributed by atoms with Gasteiger partial charge in [-0.25, -0.2) is 0 Å². The van der Waals surface area contributed by atoms with Crippen molar-refractivity contribution in [3.8, 4) is 5.75 Å². The molecule has 42 heavy (non-hydrogen) atoms. The number of carbonyl (C=O) groups excluding carboxylic acids is 4. The quantitative estimate of drug-likeness (QED) is 0.362. The smallest absolute Gasteiger partial charge is 0.233 e. The van der Waals surface area contributed by atoms with Crippen molar-refractivity contribution >= 4 is 40.6 Å².